The van der Waals surface area contributed by atoms with Crippen molar-refractivity contribution in [1.82, 2.24) is 15.0 Å². The lowest BCUT2D eigenvalue weighted by atomic mass is 9.97. The third kappa shape index (κ3) is 5.39. The maximum absolute atomic E-state index is 13.8. The van der Waals surface area contributed by atoms with Crippen molar-refractivity contribution >= 4 is 5.96 Å². The molecule has 36 heavy (non-hydrogen) atoms. The normalized spacial score (nSPS) is 17.1. The average Bonchev–Trinajstić information content (AvgIpc) is 3.51. The number of guanidine groups is 1. The second-order valence-electron chi connectivity index (χ2n) is 8.33. The van der Waals surface area contributed by atoms with Gasteiger partial charge in [0.25, 0.3) is 0 Å². The lowest BCUT2D eigenvalue weighted by Gasteiger charge is -2.21. The van der Waals surface area contributed by atoms with E-state index in [-0.39, 0.29) is 41.6 Å². The van der Waals surface area contributed by atoms with Gasteiger partial charge in [-0.2, -0.15) is 31.3 Å². The molecule has 0 spiro atoms. The summed E-state index contributed by atoms with van der Waals surface area (Å²) >= 11 is 0. The number of nitrogens with two attached hydrogens (primary N) is 1. The smallest absolute Gasteiger partial charge is 0.408 e. The Morgan fingerprint density at radius 3 is 2.42 bits per heavy atom. The van der Waals surface area contributed by atoms with E-state index in [1.165, 1.54) is 24.3 Å². The molecule has 0 saturated carbocycles. The van der Waals surface area contributed by atoms with Gasteiger partial charge in [-0.25, -0.2) is 0 Å². The van der Waals surface area contributed by atoms with Crippen LogP contribution in [0.15, 0.2) is 52.1 Å². The minimum Gasteiger partial charge on any atom is -0.408 e. The van der Waals surface area contributed by atoms with Gasteiger partial charge in [-0.3, -0.25) is 0 Å². The van der Waals surface area contributed by atoms with Gasteiger partial charge >= 0.3 is 12.4 Å². The lowest BCUT2D eigenvalue weighted by Crippen LogP contribution is -2.36. The molecule has 1 atom stereocenters. The van der Waals surface area contributed by atoms with E-state index in [1.807, 2.05) is 0 Å². The maximum Gasteiger partial charge on any atom is 0.416 e. The van der Waals surface area contributed by atoms with Crippen molar-refractivity contribution < 1.29 is 36.1 Å². The van der Waals surface area contributed by atoms with Crippen LogP contribution >= 0.6 is 0 Å². The second kappa shape index (κ2) is 9.70. The van der Waals surface area contributed by atoms with Crippen molar-refractivity contribution in [1.29, 1.82) is 0 Å². The Kier molecular flexibility index (Phi) is 6.83. The Bertz CT molecular complexity index is 1240. The van der Waals surface area contributed by atoms with Gasteiger partial charge < -0.3 is 20.4 Å². The van der Waals surface area contributed by atoms with Crippen molar-refractivity contribution in [3.8, 4) is 11.4 Å². The number of benzene rings is 2. The van der Waals surface area contributed by atoms with Gasteiger partial charge in [0, 0.05) is 12.1 Å². The van der Waals surface area contributed by atoms with E-state index >= 15 is 0 Å². The van der Waals surface area contributed by atoms with Gasteiger partial charge in [-0.05, 0) is 55.0 Å². The highest BCUT2D eigenvalue weighted by atomic mass is 19.4. The molecule has 0 amide bonds. The van der Waals surface area contributed by atoms with Crippen LogP contribution in [-0.2, 0) is 25.2 Å². The van der Waals surface area contributed by atoms with Crippen LogP contribution in [0, 0.1) is 0 Å². The summed E-state index contributed by atoms with van der Waals surface area (Å²) < 4.78 is 85.0. The highest BCUT2D eigenvalue weighted by molar-refractivity contribution is 5.78. The standard InChI is InChI=1S/C23H21F6N5O2/c24-22(25,26)16-9-4-13(5-10-16)3-6-14-7-8-15(12-17(14)23(27,28)29)19-31-20(36-33-19)18-2-1-11-34(18)21(30)32-35/h4-5,7-10,12,18,35H,1-3,6,11H2,(H2,30,32)/t18-/m0/s1. The van der Waals surface area contributed by atoms with E-state index in [1.54, 1.807) is 4.90 Å². The summed E-state index contributed by atoms with van der Waals surface area (Å²) in [5.41, 5.74) is 4.51. The average molecular weight is 513 g/mol. The van der Waals surface area contributed by atoms with E-state index in [2.05, 4.69) is 15.3 Å². The lowest BCUT2D eigenvalue weighted by molar-refractivity contribution is -0.138. The van der Waals surface area contributed by atoms with Crippen LogP contribution in [0.3, 0.4) is 0 Å². The fourth-order valence-corrected chi connectivity index (χ4v) is 4.18. The van der Waals surface area contributed by atoms with E-state index < -0.39 is 29.5 Å². The topological polar surface area (TPSA) is 101 Å². The van der Waals surface area contributed by atoms with Gasteiger partial charge in [0.15, 0.2) is 0 Å². The first kappa shape index (κ1) is 25.3. The van der Waals surface area contributed by atoms with Crippen LogP contribution < -0.4 is 5.73 Å². The molecule has 1 saturated heterocycles. The minimum absolute atomic E-state index is 0.0104. The Hall–Kier alpha value is -3.77. The van der Waals surface area contributed by atoms with Gasteiger partial charge in [0.2, 0.25) is 17.7 Å². The molecule has 3 aromatic rings. The monoisotopic (exact) mass is 513 g/mol. The quantitative estimate of drug-likeness (QED) is 0.156. The molecule has 2 heterocycles. The van der Waals surface area contributed by atoms with Crippen LogP contribution in [-0.4, -0.2) is 32.8 Å². The maximum atomic E-state index is 13.8. The van der Waals surface area contributed by atoms with Crippen LogP contribution in [0.25, 0.3) is 11.4 Å². The van der Waals surface area contributed by atoms with Crippen LogP contribution in [0.5, 0.6) is 0 Å². The second-order valence-corrected chi connectivity index (χ2v) is 8.33. The van der Waals surface area contributed by atoms with E-state index in [0.29, 0.717) is 24.9 Å². The Morgan fingerprint density at radius 1 is 1.06 bits per heavy atom. The van der Waals surface area contributed by atoms with E-state index in [0.717, 1.165) is 18.2 Å². The van der Waals surface area contributed by atoms with Crippen molar-refractivity contribution in [2.45, 2.75) is 44.1 Å². The van der Waals surface area contributed by atoms with Crippen molar-refractivity contribution in [3.05, 3.63) is 70.6 Å². The molecule has 13 heteroatoms. The van der Waals surface area contributed by atoms with Crippen LogP contribution in [0.1, 0.15) is 47.0 Å². The molecule has 1 aliphatic heterocycles. The molecule has 0 unspecified atom stereocenters. The summed E-state index contributed by atoms with van der Waals surface area (Å²) in [5, 5.41) is 15.7. The zero-order chi connectivity index (χ0) is 26.1. The molecule has 1 aliphatic rings. The molecule has 0 aliphatic carbocycles. The number of hydrogen-bond donors (Lipinski definition) is 2. The molecule has 3 N–H and O–H groups in total. The highest BCUT2D eigenvalue weighted by Crippen LogP contribution is 2.36. The number of hydrogen-bond acceptors (Lipinski definition) is 5. The first-order valence-corrected chi connectivity index (χ1v) is 10.9. The molecule has 2 aromatic carbocycles. The first-order valence-electron chi connectivity index (χ1n) is 10.9. The molecule has 4 rings (SSSR count). The molecule has 0 radical (unpaired) electrons. The molecule has 1 aromatic heterocycles. The Balaban J connectivity index is 1.55. The number of aromatic nitrogens is 2. The summed E-state index contributed by atoms with van der Waals surface area (Å²) in [6.45, 7) is 0.490. The molecule has 7 nitrogen and oxygen atoms in total. The Morgan fingerprint density at radius 2 is 1.78 bits per heavy atom. The Labute approximate surface area is 201 Å². The predicted octanol–water partition coefficient (Wildman–Crippen LogP) is 5.40. The van der Waals surface area contributed by atoms with Gasteiger partial charge in [-0.15, -0.1) is 0 Å². The van der Waals surface area contributed by atoms with Crippen molar-refractivity contribution in [2.75, 3.05) is 6.54 Å². The zero-order valence-corrected chi connectivity index (χ0v) is 18.6. The number of rotatable bonds is 5. The molecular formula is C23H21F6N5O2. The number of oxime groups is 1. The SMILES string of the molecule is N/C(=N\O)N1CCC[C@H]1c1nc(-c2ccc(CCc3ccc(C(F)(F)F)cc3)c(C(F)(F)F)c2)no1. The first-order chi connectivity index (χ1) is 17.0. The van der Waals surface area contributed by atoms with E-state index in [9.17, 15) is 26.3 Å². The predicted molar refractivity (Wildman–Crippen MR) is 116 cm³/mol. The summed E-state index contributed by atoms with van der Waals surface area (Å²) in [4.78, 5) is 5.79. The van der Waals surface area contributed by atoms with Crippen molar-refractivity contribution in [2.24, 2.45) is 10.9 Å². The van der Waals surface area contributed by atoms with Crippen molar-refractivity contribution in [3.63, 3.8) is 0 Å². The highest BCUT2D eigenvalue weighted by Gasteiger charge is 2.35. The fraction of sp³-hybridized carbons (Fsp3) is 0.348. The van der Waals surface area contributed by atoms with Gasteiger partial charge in [-0.1, -0.05) is 34.6 Å². The summed E-state index contributed by atoms with van der Waals surface area (Å²) in [5.74, 6) is -0.0424. The summed E-state index contributed by atoms with van der Waals surface area (Å²) in [6.07, 6.45) is -7.78. The minimum atomic E-state index is -4.67. The van der Waals surface area contributed by atoms with Crippen LogP contribution in [0.4, 0.5) is 26.3 Å². The zero-order valence-electron chi connectivity index (χ0n) is 18.6. The number of aryl methyl sites for hydroxylation is 2. The number of likely N-dealkylation sites (tertiary alicyclic amines) is 1. The molecule has 192 valence electrons. The third-order valence-corrected chi connectivity index (χ3v) is 6.01. The summed E-state index contributed by atoms with van der Waals surface area (Å²) in [6, 6.07) is 7.51. The third-order valence-electron chi connectivity index (χ3n) is 6.01. The number of alkyl halides is 6. The summed E-state index contributed by atoms with van der Waals surface area (Å²) in [7, 11) is 0. The number of halogens is 6. The van der Waals surface area contributed by atoms with Gasteiger partial charge in [0.1, 0.15) is 6.04 Å². The molecule has 1 fully saturated rings. The van der Waals surface area contributed by atoms with Gasteiger partial charge in [0.05, 0.1) is 11.1 Å². The van der Waals surface area contributed by atoms with E-state index in [4.69, 9.17) is 15.5 Å². The largest absolute Gasteiger partial charge is 0.416 e. The fourth-order valence-electron chi connectivity index (χ4n) is 4.18. The molecular weight excluding hydrogens is 492 g/mol. The number of nitrogens with zero attached hydrogens (tertiary/aromatic N) is 4. The molecule has 0 bridgehead atoms. The van der Waals surface area contributed by atoms with Crippen LogP contribution in [0.2, 0.25) is 0 Å².